The summed E-state index contributed by atoms with van der Waals surface area (Å²) in [6, 6.07) is 4.88. The highest BCUT2D eigenvalue weighted by atomic mass is 16.5. The van der Waals surface area contributed by atoms with Gasteiger partial charge in [0.1, 0.15) is 6.04 Å². The smallest absolute Gasteiger partial charge is 0.338 e. The third-order valence-electron chi connectivity index (χ3n) is 4.00. The van der Waals surface area contributed by atoms with Gasteiger partial charge in [-0.25, -0.2) is 4.79 Å². The van der Waals surface area contributed by atoms with Crippen LogP contribution in [0.2, 0.25) is 0 Å². The summed E-state index contributed by atoms with van der Waals surface area (Å²) >= 11 is 0. The molecule has 1 aromatic carbocycles. The molecule has 0 saturated heterocycles. The lowest BCUT2D eigenvalue weighted by molar-refractivity contribution is -0.143. The number of benzene rings is 1. The first-order chi connectivity index (χ1) is 12.5. The molecule has 0 fully saturated rings. The van der Waals surface area contributed by atoms with Gasteiger partial charge < -0.3 is 19.5 Å². The first kappa shape index (κ1) is 17.7. The van der Waals surface area contributed by atoms with Crippen molar-refractivity contribution in [2.75, 3.05) is 19.5 Å². The Morgan fingerprint density at radius 3 is 2.62 bits per heavy atom. The van der Waals surface area contributed by atoms with Crippen molar-refractivity contribution in [2.24, 2.45) is 0 Å². The molecule has 9 heteroatoms. The number of ether oxygens (including phenoxy) is 3. The number of rotatable bonds is 5. The lowest BCUT2D eigenvalue weighted by Crippen LogP contribution is -2.30. The average Bonchev–Trinajstić information content (AvgIpc) is 3.07. The van der Waals surface area contributed by atoms with E-state index in [9.17, 15) is 4.79 Å². The molecule has 0 aliphatic carbocycles. The highest BCUT2D eigenvalue weighted by Gasteiger charge is 2.35. The first-order valence-electron chi connectivity index (χ1n) is 8.14. The molecule has 9 nitrogen and oxygen atoms in total. The normalized spacial score (nSPS) is 16.2. The lowest BCUT2D eigenvalue weighted by Gasteiger charge is -2.28. The maximum Gasteiger partial charge on any atom is 0.338 e. The Bertz CT molecular complexity index is 859. The van der Waals surface area contributed by atoms with Crippen molar-refractivity contribution < 1.29 is 19.0 Å². The van der Waals surface area contributed by atoms with Crippen LogP contribution in [0.5, 0.6) is 11.5 Å². The molecule has 0 amide bonds. The standard InChI is InChI=1S/C17H21N5O4/c1-9(2)26-16(23)14-10(3)18-17-19-20-21-22(17)15(14)11-6-7-12(24-4)13(8-11)25-5/h6-9,15H,1-5H3,(H,18,19,21)/t15-/m1/s1. The second-order valence-electron chi connectivity index (χ2n) is 6.08. The van der Waals surface area contributed by atoms with Gasteiger partial charge in [-0.3, -0.25) is 0 Å². The highest BCUT2D eigenvalue weighted by molar-refractivity contribution is 5.92. The maximum absolute atomic E-state index is 12.8. The van der Waals surface area contributed by atoms with Crippen molar-refractivity contribution in [3.63, 3.8) is 0 Å². The van der Waals surface area contributed by atoms with Gasteiger partial charge in [0.2, 0.25) is 5.95 Å². The minimum Gasteiger partial charge on any atom is -0.493 e. The van der Waals surface area contributed by atoms with Gasteiger partial charge >= 0.3 is 5.97 Å². The highest BCUT2D eigenvalue weighted by Crippen LogP contribution is 2.38. The number of esters is 1. The predicted molar refractivity (Wildman–Crippen MR) is 93.1 cm³/mol. The molecule has 1 aliphatic heterocycles. The van der Waals surface area contributed by atoms with Crippen molar-refractivity contribution in [3.8, 4) is 11.5 Å². The van der Waals surface area contributed by atoms with E-state index >= 15 is 0 Å². The molecule has 0 spiro atoms. The van der Waals surface area contributed by atoms with Gasteiger partial charge in [-0.15, -0.1) is 0 Å². The van der Waals surface area contributed by atoms with Crippen molar-refractivity contribution >= 4 is 11.9 Å². The molecule has 1 atom stereocenters. The van der Waals surface area contributed by atoms with Crippen LogP contribution in [0.1, 0.15) is 32.4 Å². The van der Waals surface area contributed by atoms with E-state index in [1.807, 2.05) is 6.07 Å². The minimum atomic E-state index is -0.549. The molecule has 3 rings (SSSR count). The van der Waals surface area contributed by atoms with E-state index in [2.05, 4.69) is 20.8 Å². The quantitative estimate of drug-likeness (QED) is 0.808. The van der Waals surface area contributed by atoms with Crippen LogP contribution in [0.25, 0.3) is 0 Å². The molecule has 0 saturated carbocycles. The van der Waals surface area contributed by atoms with E-state index in [-0.39, 0.29) is 6.10 Å². The number of fused-ring (bicyclic) bond motifs is 1. The van der Waals surface area contributed by atoms with Crippen molar-refractivity contribution in [3.05, 3.63) is 35.0 Å². The fourth-order valence-electron chi connectivity index (χ4n) is 2.89. The predicted octanol–water partition coefficient (Wildman–Crippen LogP) is 1.93. The van der Waals surface area contributed by atoms with Crippen LogP contribution in [0.4, 0.5) is 5.95 Å². The molecule has 138 valence electrons. The molecule has 0 unspecified atom stereocenters. The van der Waals surface area contributed by atoms with Crippen LogP contribution in [0, 0.1) is 0 Å². The molecular formula is C17H21N5O4. The summed E-state index contributed by atoms with van der Waals surface area (Å²) < 4.78 is 17.7. The number of methoxy groups -OCH3 is 2. The average molecular weight is 359 g/mol. The SMILES string of the molecule is COc1ccc([C@@H]2C(C(=O)OC(C)C)=C(C)Nc3nnnn32)cc1OC. The molecule has 1 aliphatic rings. The molecule has 2 heterocycles. The van der Waals surface area contributed by atoms with E-state index in [0.29, 0.717) is 28.7 Å². The largest absolute Gasteiger partial charge is 0.493 e. The first-order valence-corrected chi connectivity index (χ1v) is 8.14. The third-order valence-corrected chi connectivity index (χ3v) is 4.00. The number of carbonyl (C=O) groups is 1. The van der Waals surface area contributed by atoms with Crippen molar-refractivity contribution in [1.82, 2.24) is 20.2 Å². The molecule has 1 aromatic heterocycles. The summed E-state index contributed by atoms with van der Waals surface area (Å²) in [4.78, 5) is 12.8. The molecule has 26 heavy (non-hydrogen) atoms. The number of tetrazole rings is 1. The number of allylic oxidation sites excluding steroid dienone is 1. The van der Waals surface area contributed by atoms with Gasteiger partial charge in [-0.1, -0.05) is 11.2 Å². The summed E-state index contributed by atoms with van der Waals surface area (Å²) in [6.45, 7) is 5.40. The van der Waals surface area contributed by atoms with Gasteiger partial charge in [0, 0.05) is 5.70 Å². The zero-order valence-electron chi connectivity index (χ0n) is 15.3. The van der Waals surface area contributed by atoms with Gasteiger partial charge in [0.05, 0.1) is 25.9 Å². The Hall–Kier alpha value is -3.10. The second kappa shape index (κ2) is 7.03. The molecule has 0 radical (unpaired) electrons. The lowest BCUT2D eigenvalue weighted by atomic mass is 9.95. The number of nitrogens with one attached hydrogen (secondary N) is 1. The van der Waals surface area contributed by atoms with Crippen molar-refractivity contribution in [1.29, 1.82) is 0 Å². The summed E-state index contributed by atoms with van der Waals surface area (Å²) in [5.74, 6) is 1.16. The van der Waals surface area contributed by atoms with Crippen LogP contribution in [-0.4, -0.2) is 46.5 Å². The number of hydrogen-bond donors (Lipinski definition) is 1. The molecule has 0 bridgehead atoms. The summed E-state index contributed by atoms with van der Waals surface area (Å²) in [5.41, 5.74) is 1.84. The molecule has 1 N–H and O–H groups in total. The minimum absolute atomic E-state index is 0.246. The van der Waals surface area contributed by atoms with Crippen LogP contribution in [0.15, 0.2) is 29.5 Å². The Kier molecular flexibility index (Phi) is 4.79. The Labute approximate surface area is 150 Å². The van der Waals surface area contributed by atoms with E-state index in [1.54, 1.807) is 51.8 Å². The zero-order valence-corrected chi connectivity index (χ0v) is 15.3. The van der Waals surface area contributed by atoms with Gasteiger partial charge in [-0.05, 0) is 48.9 Å². The summed E-state index contributed by atoms with van der Waals surface area (Å²) in [7, 11) is 3.12. The molecular weight excluding hydrogens is 338 g/mol. The Morgan fingerprint density at radius 1 is 1.23 bits per heavy atom. The Balaban J connectivity index is 2.13. The van der Waals surface area contributed by atoms with Crippen LogP contribution >= 0.6 is 0 Å². The second-order valence-corrected chi connectivity index (χ2v) is 6.08. The zero-order chi connectivity index (χ0) is 18.8. The van der Waals surface area contributed by atoms with Crippen molar-refractivity contribution in [2.45, 2.75) is 32.9 Å². The van der Waals surface area contributed by atoms with Gasteiger partial charge in [-0.2, -0.15) is 4.68 Å². The number of anilines is 1. The van der Waals surface area contributed by atoms with E-state index in [1.165, 1.54) is 0 Å². The van der Waals surface area contributed by atoms with Crippen LogP contribution in [-0.2, 0) is 9.53 Å². The number of aromatic nitrogens is 4. The van der Waals surface area contributed by atoms with Crippen LogP contribution in [0.3, 0.4) is 0 Å². The number of nitrogens with zero attached hydrogens (tertiary/aromatic N) is 4. The summed E-state index contributed by atoms with van der Waals surface area (Å²) in [5, 5.41) is 14.8. The third kappa shape index (κ3) is 3.07. The van der Waals surface area contributed by atoms with E-state index in [0.717, 1.165) is 5.56 Å². The summed E-state index contributed by atoms with van der Waals surface area (Å²) in [6.07, 6.45) is -0.246. The fourth-order valence-corrected chi connectivity index (χ4v) is 2.89. The van der Waals surface area contributed by atoms with Gasteiger partial charge in [0.25, 0.3) is 0 Å². The topological polar surface area (TPSA) is 100 Å². The maximum atomic E-state index is 12.8. The molecule has 2 aromatic rings. The fraction of sp³-hybridized carbons (Fsp3) is 0.412. The van der Waals surface area contributed by atoms with Crippen LogP contribution < -0.4 is 14.8 Å². The van der Waals surface area contributed by atoms with E-state index in [4.69, 9.17) is 14.2 Å². The number of hydrogen-bond acceptors (Lipinski definition) is 8. The number of carbonyl (C=O) groups excluding carboxylic acids is 1. The van der Waals surface area contributed by atoms with E-state index < -0.39 is 12.0 Å². The van der Waals surface area contributed by atoms with Gasteiger partial charge in [0.15, 0.2) is 11.5 Å². The Morgan fingerprint density at radius 2 is 1.96 bits per heavy atom. The monoisotopic (exact) mass is 359 g/mol.